The Kier molecular flexibility index (Phi) is 4.26. The summed E-state index contributed by atoms with van der Waals surface area (Å²) in [5.74, 6) is 0.166. The van der Waals surface area contributed by atoms with E-state index in [9.17, 15) is 8.78 Å². The number of piperidine rings is 1. The van der Waals surface area contributed by atoms with Crippen LogP contribution >= 0.6 is 0 Å². The van der Waals surface area contributed by atoms with E-state index in [4.69, 9.17) is 0 Å². The van der Waals surface area contributed by atoms with Crippen LogP contribution in [0.4, 0.5) is 14.5 Å². The number of ether oxygens (including phenoxy) is 1. The van der Waals surface area contributed by atoms with Gasteiger partial charge in [-0.25, -0.2) is 0 Å². The number of hydrogen-bond donors (Lipinski definition) is 1. The molecule has 1 saturated heterocycles. The van der Waals surface area contributed by atoms with Gasteiger partial charge in [-0.1, -0.05) is 0 Å². The van der Waals surface area contributed by atoms with E-state index < -0.39 is 6.61 Å². The summed E-state index contributed by atoms with van der Waals surface area (Å²) in [7, 11) is 0. The molecular formula is C14H16AsF2N3O. The molecule has 4 nitrogen and oxygen atoms in total. The molecule has 2 atom stereocenters. The molecule has 0 spiro atoms. The molecule has 0 amide bonds. The molecule has 0 bridgehead atoms. The number of nitrogens with zero attached hydrogens (tertiary/aromatic N) is 2. The zero-order valence-corrected chi connectivity index (χ0v) is 13.7. The van der Waals surface area contributed by atoms with Crippen molar-refractivity contribution >= 4 is 28.9 Å². The summed E-state index contributed by atoms with van der Waals surface area (Å²) >= 11 is 1.54. The molecule has 1 N–H and O–H groups in total. The number of benzene rings is 1. The van der Waals surface area contributed by atoms with Crippen molar-refractivity contribution in [2.24, 2.45) is 4.99 Å². The topological polar surface area (TPSA) is 36.9 Å². The molecule has 2 heterocycles. The van der Waals surface area contributed by atoms with Gasteiger partial charge in [-0.15, -0.1) is 0 Å². The Bertz CT molecular complexity index is 574. The van der Waals surface area contributed by atoms with Gasteiger partial charge in [0.1, 0.15) is 0 Å². The maximum absolute atomic E-state index is 12.2. The van der Waals surface area contributed by atoms with Crippen LogP contribution in [-0.4, -0.2) is 48.9 Å². The van der Waals surface area contributed by atoms with Crippen LogP contribution in [0.2, 0.25) is 0 Å². The van der Waals surface area contributed by atoms with E-state index in [0.29, 0.717) is 0 Å². The third-order valence-corrected chi connectivity index (χ3v) is 4.75. The first-order chi connectivity index (χ1) is 10.1. The Morgan fingerprint density at radius 3 is 2.81 bits per heavy atom. The van der Waals surface area contributed by atoms with Crippen LogP contribution in [0, 0.1) is 0 Å². The molecule has 7 heteroatoms. The van der Waals surface area contributed by atoms with Crippen LogP contribution in [-0.2, 0) is 0 Å². The average molecular weight is 355 g/mol. The van der Waals surface area contributed by atoms with Crippen molar-refractivity contribution in [2.75, 3.05) is 18.0 Å². The third kappa shape index (κ3) is 3.11. The Morgan fingerprint density at radius 1 is 1.33 bits per heavy atom. The summed E-state index contributed by atoms with van der Waals surface area (Å²) in [6.45, 7) is -0.956. The first kappa shape index (κ1) is 14.5. The van der Waals surface area contributed by atoms with E-state index in [1.165, 1.54) is 5.57 Å². The van der Waals surface area contributed by atoms with Gasteiger partial charge >= 0.3 is 130 Å². The van der Waals surface area contributed by atoms with Crippen molar-refractivity contribution in [3.8, 4) is 5.75 Å². The van der Waals surface area contributed by atoms with Crippen molar-refractivity contribution in [1.29, 1.82) is 0 Å². The second-order valence-electron chi connectivity index (χ2n) is 4.90. The molecule has 1 fully saturated rings. The first-order valence-corrected chi connectivity index (χ1v) is 7.93. The number of hydrogen-bond acceptors (Lipinski definition) is 4. The van der Waals surface area contributed by atoms with E-state index in [-0.39, 0.29) is 11.8 Å². The average Bonchev–Trinajstić information content (AvgIpc) is 2.48. The summed E-state index contributed by atoms with van der Waals surface area (Å²) in [4.78, 5) is 6.55. The molecule has 2 aliphatic rings. The molecule has 1 aromatic carbocycles. The number of alkyl halides is 2. The molecule has 1 aromatic rings. The van der Waals surface area contributed by atoms with Crippen LogP contribution in [0.25, 0.3) is 0 Å². The predicted octanol–water partition coefficient (Wildman–Crippen LogP) is 1.34. The van der Waals surface area contributed by atoms with Crippen molar-refractivity contribution in [3.63, 3.8) is 0 Å². The number of aliphatic imine (C=N–C) groups is 1. The second-order valence-corrected chi connectivity index (χ2v) is 6.05. The predicted molar refractivity (Wildman–Crippen MR) is 80.9 cm³/mol. The van der Waals surface area contributed by atoms with Crippen molar-refractivity contribution in [3.05, 3.63) is 34.3 Å². The van der Waals surface area contributed by atoms with Gasteiger partial charge in [0, 0.05) is 0 Å². The summed E-state index contributed by atoms with van der Waals surface area (Å²) in [5.41, 5.74) is 2.29. The van der Waals surface area contributed by atoms with Gasteiger partial charge in [0.2, 0.25) is 0 Å². The van der Waals surface area contributed by atoms with Gasteiger partial charge in [-0.05, 0) is 0 Å². The third-order valence-electron chi connectivity index (χ3n) is 3.66. The van der Waals surface area contributed by atoms with Crippen LogP contribution in [0.5, 0.6) is 5.75 Å². The SMILES string of the molecule is FC(F)Oc1ccc(N2C=NC([AsH2])=C3CCNCC32)cc1. The number of rotatable bonds is 3. The minimum absolute atomic E-state index is 0.166. The number of nitrogens with one attached hydrogen (secondary N) is 1. The number of fused-ring (bicyclic) bond motifs is 1. The van der Waals surface area contributed by atoms with Crippen molar-refractivity contribution in [2.45, 2.75) is 19.1 Å². The fourth-order valence-electron chi connectivity index (χ4n) is 2.65. The summed E-state index contributed by atoms with van der Waals surface area (Å²) < 4.78 is 29.9. The van der Waals surface area contributed by atoms with Gasteiger partial charge in [0.25, 0.3) is 0 Å². The van der Waals surface area contributed by atoms with E-state index >= 15 is 0 Å². The number of halogens is 2. The summed E-state index contributed by atoms with van der Waals surface area (Å²) in [6.07, 6.45) is 2.82. The van der Waals surface area contributed by atoms with Crippen LogP contribution in [0.3, 0.4) is 0 Å². The molecule has 112 valence electrons. The van der Waals surface area contributed by atoms with E-state index in [0.717, 1.165) is 29.7 Å². The monoisotopic (exact) mass is 355 g/mol. The summed E-state index contributed by atoms with van der Waals surface area (Å²) in [6, 6.07) is 6.92. The fraction of sp³-hybridized carbons (Fsp3) is 0.357. The van der Waals surface area contributed by atoms with Crippen LogP contribution in [0.1, 0.15) is 6.42 Å². The zero-order valence-electron chi connectivity index (χ0n) is 11.3. The summed E-state index contributed by atoms with van der Waals surface area (Å²) in [5, 5.41) is 3.39. The molecule has 21 heavy (non-hydrogen) atoms. The molecule has 2 aliphatic heterocycles. The van der Waals surface area contributed by atoms with Crippen LogP contribution in [0.15, 0.2) is 39.3 Å². The second kappa shape index (κ2) is 6.16. The van der Waals surface area contributed by atoms with Gasteiger partial charge < -0.3 is 0 Å². The minimum atomic E-state index is -2.80. The maximum atomic E-state index is 12.2. The molecule has 0 radical (unpaired) electrons. The fourth-order valence-corrected chi connectivity index (χ4v) is 3.50. The Hall–Kier alpha value is -1.39. The molecule has 0 aliphatic carbocycles. The van der Waals surface area contributed by atoms with E-state index in [2.05, 4.69) is 19.9 Å². The number of anilines is 1. The molecular weight excluding hydrogens is 339 g/mol. The van der Waals surface area contributed by atoms with E-state index in [1.54, 1.807) is 41.1 Å². The molecule has 2 unspecified atom stereocenters. The normalized spacial score (nSPS) is 21.7. The Labute approximate surface area is 130 Å². The quantitative estimate of drug-likeness (QED) is 0.832. The van der Waals surface area contributed by atoms with Gasteiger partial charge in [-0.2, -0.15) is 0 Å². The Morgan fingerprint density at radius 2 is 2.10 bits per heavy atom. The van der Waals surface area contributed by atoms with Gasteiger partial charge in [0.05, 0.1) is 0 Å². The molecule has 0 aromatic heterocycles. The van der Waals surface area contributed by atoms with Crippen molar-refractivity contribution in [1.82, 2.24) is 5.32 Å². The van der Waals surface area contributed by atoms with E-state index in [1.807, 2.05) is 6.34 Å². The first-order valence-electron chi connectivity index (χ1n) is 6.72. The van der Waals surface area contributed by atoms with Gasteiger partial charge in [0.15, 0.2) is 0 Å². The zero-order chi connectivity index (χ0) is 14.8. The van der Waals surface area contributed by atoms with Crippen molar-refractivity contribution < 1.29 is 13.5 Å². The van der Waals surface area contributed by atoms with Gasteiger partial charge in [-0.3, -0.25) is 0 Å². The van der Waals surface area contributed by atoms with Crippen LogP contribution < -0.4 is 15.0 Å². The molecule has 0 saturated carbocycles. The Balaban J connectivity index is 1.82. The standard InChI is InChI=1S/C14H16AsF2N3O/c15-13-11-5-6-18-7-12(11)20(8-19-13)9-1-3-10(4-2-9)21-14(16)17/h1-4,8,12,14,18H,5-7,15H2. The molecule has 3 rings (SSSR count).